The van der Waals surface area contributed by atoms with Gasteiger partial charge >= 0.3 is 39.5 Å². The molecule has 0 bridgehead atoms. The summed E-state index contributed by atoms with van der Waals surface area (Å²) in [5, 5.41) is 10.6. The van der Waals surface area contributed by atoms with Gasteiger partial charge in [-0.1, -0.05) is 349 Å². The number of aliphatic hydroxyl groups is 1. The van der Waals surface area contributed by atoms with Crippen LogP contribution in [0.2, 0.25) is 0 Å². The lowest BCUT2D eigenvalue weighted by atomic mass is 10.00. The number of esters is 4. The van der Waals surface area contributed by atoms with Crippen molar-refractivity contribution in [1.29, 1.82) is 0 Å². The zero-order valence-corrected chi connectivity index (χ0v) is 63.6. The van der Waals surface area contributed by atoms with Crippen LogP contribution in [0.4, 0.5) is 0 Å². The number of aliphatic hydroxyl groups excluding tert-OH is 1. The Hall–Kier alpha value is -1.94. The summed E-state index contributed by atoms with van der Waals surface area (Å²) in [4.78, 5) is 72.4. The highest BCUT2D eigenvalue weighted by molar-refractivity contribution is 7.47. The summed E-state index contributed by atoms with van der Waals surface area (Å²) >= 11 is 0. The summed E-state index contributed by atoms with van der Waals surface area (Å²) in [7, 11) is -9.90. The van der Waals surface area contributed by atoms with Crippen molar-refractivity contribution >= 4 is 39.5 Å². The summed E-state index contributed by atoms with van der Waals surface area (Å²) in [5.41, 5.74) is 0. The molecule has 0 fully saturated rings. The molecule has 19 heteroatoms. The second kappa shape index (κ2) is 69.2. The molecule has 0 heterocycles. The second-order valence-corrected chi connectivity index (χ2v) is 30.5. The van der Waals surface area contributed by atoms with Crippen molar-refractivity contribution in [2.45, 2.75) is 419 Å². The van der Waals surface area contributed by atoms with Crippen LogP contribution in [0, 0.1) is 5.92 Å². The topological polar surface area (TPSA) is 237 Å². The van der Waals surface area contributed by atoms with E-state index in [4.69, 9.17) is 37.0 Å². The van der Waals surface area contributed by atoms with Gasteiger partial charge in [0.25, 0.3) is 0 Å². The summed E-state index contributed by atoms with van der Waals surface area (Å²) in [6.45, 7) is 7.14. The molecule has 0 aromatic heterocycles. The molecule has 564 valence electrons. The smallest absolute Gasteiger partial charge is 0.462 e. The molecule has 95 heavy (non-hydrogen) atoms. The van der Waals surface area contributed by atoms with Crippen molar-refractivity contribution in [2.75, 3.05) is 39.6 Å². The van der Waals surface area contributed by atoms with E-state index in [1.54, 1.807) is 0 Å². The van der Waals surface area contributed by atoms with Gasteiger partial charge < -0.3 is 33.8 Å². The lowest BCUT2D eigenvalue weighted by molar-refractivity contribution is -0.161. The average molecular weight is 1400 g/mol. The predicted molar refractivity (Wildman–Crippen MR) is 386 cm³/mol. The molecule has 3 unspecified atom stereocenters. The Balaban J connectivity index is 5.10. The van der Waals surface area contributed by atoms with Crippen molar-refractivity contribution in [3.8, 4) is 0 Å². The van der Waals surface area contributed by atoms with Crippen LogP contribution in [0.15, 0.2) is 0 Å². The Kier molecular flexibility index (Phi) is 67.7. The first kappa shape index (κ1) is 93.1. The lowest BCUT2D eigenvalue weighted by Gasteiger charge is -2.21. The third kappa shape index (κ3) is 69.0. The highest BCUT2D eigenvalue weighted by atomic mass is 31.2. The average Bonchev–Trinajstić information content (AvgIpc) is 2.51. The fourth-order valence-electron chi connectivity index (χ4n) is 11.7. The Morgan fingerprint density at radius 1 is 0.295 bits per heavy atom. The van der Waals surface area contributed by atoms with Gasteiger partial charge in [-0.2, -0.15) is 0 Å². The summed E-state index contributed by atoms with van der Waals surface area (Å²) in [5.74, 6) is -1.41. The lowest BCUT2D eigenvalue weighted by Crippen LogP contribution is -2.30. The molecule has 0 aromatic carbocycles. The van der Waals surface area contributed by atoms with E-state index in [1.165, 1.54) is 218 Å². The molecule has 0 aliphatic carbocycles. The normalized spacial score (nSPS) is 14.2. The van der Waals surface area contributed by atoms with Gasteiger partial charge in [0.15, 0.2) is 12.2 Å². The van der Waals surface area contributed by atoms with Gasteiger partial charge in [-0.05, 0) is 31.6 Å². The Morgan fingerprint density at radius 3 is 0.747 bits per heavy atom. The number of phosphoric acid groups is 2. The van der Waals surface area contributed by atoms with Gasteiger partial charge in [-0.15, -0.1) is 0 Å². The maximum Gasteiger partial charge on any atom is 0.472 e. The number of carbonyl (C=O) groups is 4. The van der Waals surface area contributed by atoms with Crippen molar-refractivity contribution in [3.05, 3.63) is 0 Å². The number of hydrogen-bond acceptors (Lipinski definition) is 15. The molecule has 17 nitrogen and oxygen atoms in total. The van der Waals surface area contributed by atoms with E-state index in [0.29, 0.717) is 25.7 Å². The molecule has 6 atom stereocenters. The highest BCUT2D eigenvalue weighted by Gasteiger charge is 2.30. The molecule has 0 amide bonds. The van der Waals surface area contributed by atoms with Crippen LogP contribution in [0.1, 0.15) is 401 Å². The van der Waals surface area contributed by atoms with Crippen LogP contribution < -0.4 is 0 Å². The van der Waals surface area contributed by atoms with Crippen LogP contribution >= 0.6 is 15.6 Å². The molecule has 0 rings (SSSR count). The van der Waals surface area contributed by atoms with Crippen LogP contribution in [-0.4, -0.2) is 96.7 Å². The largest absolute Gasteiger partial charge is 0.472 e. The molecule has 0 aliphatic rings. The molecule has 0 aliphatic heterocycles. The maximum atomic E-state index is 13.1. The van der Waals surface area contributed by atoms with E-state index in [-0.39, 0.29) is 25.7 Å². The van der Waals surface area contributed by atoms with Gasteiger partial charge in [-0.3, -0.25) is 37.3 Å². The maximum absolute atomic E-state index is 13.1. The predicted octanol–water partition coefficient (Wildman–Crippen LogP) is 22.5. The van der Waals surface area contributed by atoms with Crippen molar-refractivity contribution < 1.29 is 80.2 Å². The zero-order chi connectivity index (χ0) is 69.8. The summed E-state index contributed by atoms with van der Waals surface area (Å²) in [6, 6.07) is 0. The fourth-order valence-corrected chi connectivity index (χ4v) is 13.3. The number of ether oxygens (including phenoxy) is 4. The first-order chi connectivity index (χ1) is 46.1. The van der Waals surface area contributed by atoms with E-state index in [9.17, 15) is 43.2 Å². The van der Waals surface area contributed by atoms with Crippen molar-refractivity contribution in [3.63, 3.8) is 0 Å². The molecule has 0 saturated heterocycles. The standard InChI is InChI=1S/C76H148O17P2/c1-6-10-13-16-18-20-22-24-26-28-30-31-33-35-37-39-41-43-45-51-56-61-75(80)92-72(66-87-74(79)60-55-50-44-42-40-38-36-34-32-29-27-25-23-21-19-17-14-11-7-2)68-91-95(84,85)89-64-70(77)63-88-94(82,83)90-67-71(65-86-73(78)59-54-48-15-12-8-3)93-76(81)62-57-52-47-46-49-53-58-69(5)9-4/h69-72,77H,6-68H2,1-5H3,(H,82,83)(H,84,85)/t69?,70-,71+,72+/m0/s1. The molecule has 0 radical (unpaired) electrons. The molecular formula is C76H148O17P2. The molecule has 3 N–H and O–H groups in total. The third-order valence-corrected chi connectivity index (χ3v) is 20.0. The van der Waals surface area contributed by atoms with E-state index in [0.717, 1.165) is 102 Å². The monoisotopic (exact) mass is 1400 g/mol. The second-order valence-electron chi connectivity index (χ2n) is 27.6. The van der Waals surface area contributed by atoms with Gasteiger partial charge in [0.05, 0.1) is 26.4 Å². The number of unbranched alkanes of at least 4 members (excludes halogenated alkanes) is 47. The quantitative estimate of drug-likeness (QED) is 0.0222. The van der Waals surface area contributed by atoms with Gasteiger partial charge in [0.2, 0.25) is 0 Å². The minimum Gasteiger partial charge on any atom is -0.462 e. The highest BCUT2D eigenvalue weighted by Crippen LogP contribution is 2.45. The van der Waals surface area contributed by atoms with Crippen LogP contribution in [0.5, 0.6) is 0 Å². The summed E-state index contributed by atoms with van der Waals surface area (Å²) < 4.78 is 68.2. The molecule has 0 aromatic rings. The van der Waals surface area contributed by atoms with Crippen LogP contribution in [0.25, 0.3) is 0 Å². The van der Waals surface area contributed by atoms with E-state index in [2.05, 4.69) is 34.6 Å². The molecular weight excluding hydrogens is 1250 g/mol. The van der Waals surface area contributed by atoms with E-state index in [1.807, 2.05) is 0 Å². The Bertz CT molecular complexity index is 1820. The molecule has 0 saturated carbocycles. The first-order valence-corrected chi connectivity index (χ1v) is 42.7. The Labute approximate surface area is 581 Å². The summed E-state index contributed by atoms with van der Waals surface area (Å²) in [6.07, 6.45) is 59.0. The van der Waals surface area contributed by atoms with Crippen molar-refractivity contribution in [2.24, 2.45) is 5.92 Å². The van der Waals surface area contributed by atoms with Gasteiger partial charge in [-0.25, -0.2) is 9.13 Å². The minimum absolute atomic E-state index is 0.102. The van der Waals surface area contributed by atoms with Crippen LogP contribution in [0.3, 0.4) is 0 Å². The number of hydrogen-bond donors (Lipinski definition) is 3. The van der Waals surface area contributed by atoms with Gasteiger partial charge in [0, 0.05) is 25.7 Å². The van der Waals surface area contributed by atoms with Gasteiger partial charge in [0.1, 0.15) is 19.3 Å². The third-order valence-electron chi connectivity index (χ3n) is 18.1. The SMILES string of the molecule is CCCCCCCCCCCCCCCCCCCCCCCC(=O)O[C@H](COC(=O)CCCCCCCCCCCCCCCCCCCCC)COP(=O)(O)OC[C@@H](O)COP(=O)(O)OC[C@@H](COC(=O)CCCCCCC)OC(=O)CCCCCCCCC(C)CC. The minimum atomic E-state index is -4.95. The van der Waals surface area contributed by atoms with Crippen LogP contribution in [-0.2, 0) is 65.4 Å². The molecule has 0 spiro atoms. The fraction of sp³-hybridized carbons (Fsp3) is 0.947. The van der Waals surface area contributed by atoms with E-state index < -0.39 is 97.5 Å². The number of carbonyl (C=O) groups excluding carboxylic acids is 4. The Morgan fingerprint density at radius 2 is 0.505 bits per heavy atom. The first-order valence-electron chi connectivity index (χ1n) is 39.7. The van der Waals surface area contributed by atoms with E-state index >= 15 is 0 Å². The zero-order valence-electron chi connectivity index (χ0n) is 61.8. The number of rotatable bonds is 76. The van der Waals surface area contributed by atoms with Crippen molar-refractivity contribution in [1.82, 2.24) is 0 Å². The number of phosphoric ester groups is 2.